The number of carbonyl (C=O) groups is 2. The van der Waals surface area contributed by atoms with Crippen molar-refractivity contribution in [2.24, 2.45) is 11.8 Å². The molecule has 2 N–H and O–H groups in total. The van der Waals surface area contributed by atoms with Crippen LogP contribution in [-0.4, -0.2) is 22.2 Å². The number of rotatable bonds is 8. The Labute approximate surface area is 113 Å². The molecule has 0 heterocycles. The molecule has 4 heteroatoms. The van der Waals surface area contributed by atoms with Crippen molar-refractivity contribution in [3.05, 3.63) is 35.9 Å². The van der Waals surface area contributed by atoms with Gasteiger partial charge in [-0.3, -0.25) is 9.59 Å². The SMILES string of the molecule is CC(CCc1ccccc1)C[C@H](CC(=O)O)C(=O)O. The molecule has 1 aromatic rings. The minimum atomic E-state index is -1.05. The highest BCUT2D eigenvalue weighted by molar-refractivity contribution is 5.77. The molecule has 1 unspecified atom stereocenters. The van der Waals surface area contributed by atoms with Crippen LogP contribution in [0.3, 0.4) is 0 Å². The van der Waals surface area contributed by atoms with Crippen molar-refractivity contribution in [2.75, 3.05) is 0 Å². The van der Waals surface area contributed by atoms with E-state index in [1.54, 1.807) is 0 Å². The van der Waals surface area contributed by atoms with E-state index in [2.05, 4.69) is 0 Å². The average molecular weight is 264 g/mol. The van der Waals surface area contributed by atoms with Gasteiger partial charge in [-0.2, -0.15) is 0 Å². The van der Waals surface area contributed by atoms with Gasteiger partial charge in [0.2, 0.25) is 0 Å². The first-order valence-electron chi connectivity index (χ1n) is 6.47. The van der Waals surface area contributed by atoms with Gasteiger partial charge in [0.1, 0.15) is 0 Å². The Morgan fingerprint density at radius 1 is 1.16 bits per heavy atom. The van der Waals surface area contributed by atoms with Crippen LogP contribution in [0.25, 0.3) is 0 Å². The first kappa shape index (κ1) is 15.2. The predicted octanol–water partition coefficient (Wildman–Crippen LogP) is 2.82. The van der Waals surface area contributed by atoms with E-state index in [0.29, 0.717) is 6.42 Å². The summed E-state index contributed by atoms with van der Waals surface area (Å²) in [6.07, 6.45) is 1.87. The summed E-state index contributed by atoms with van der Waals surface area (Å²) in [6.45, 7) is 1.97. The number of aryl methyl sites for hydroxylation is 1. The van der Waals surface area contributed by atoms with Crippen LogP contribution in [0.15, 0.2) is 30.3 Å². The summed E-state index contributed by atoms with van der Waals surface area (Å²) in [7, 11) is 0. The largest absolute Gasteiger partial charge is 0.481 e. The Kier molecular flexibility index (Phi) is 6.06. The Morgan fingerprint density at radius 2 is 1.79 bits per heavy atom. The van der Waals surface area contributed by atoms with Crippen molar-refractivity contribution in [1.82, 2.24) is 0 Å². The molecule has 0 amide bonds. The van der Waals surface area contributed by atoms with Gasteiger partial charge < -0.3 is 10.2 Å². The molecular formula is C15H20O4. The quantitative estimate of drug-likeness (QED) is 0.757. The van der Waals surface area contributed by atoms with Gasteiger partial charge in [-0.05, 0) is 30.7 Å². The summed E-state index contributed by atoms with van der Waals surface area (Å²) in [5, 5.41) is 17.7. The van der Waals surface area contributed by atoms with Crippen molar-refractivity contribution < 1.29 is 19.8 Å². The van der Waals surface area contributed by atoms with E-state index >= 15 is 0 Å². The average Bonchev–Trinajstić information content (AvgIpc) is 2.36. The summed E-state index contributed by atoms with van der Waals surface area (Å²) < 4.78 is 0. The van der Waals surface area contributed by atoms with E-state index in [-0.39, 0.29) is 12.3 Å². The fourth-order valence-corrected chi connectivity index (χ4v) is 2.14. The summed E-state index contributed by atoms with van der Waals surface area (Å²) in [5.41, 5.74) is 1.22. The van der Waals surface area contributed by atoms with E-state index in [1.807, 2.05) is 37.3 Å². The zero-order valence-electron chi connectivity index (χ0n) is 11.1. The molecule has 2 atom stereocenters. The number of aliphatic carboxylic acids is 2. The molecule has 0 aliphatic rings. The van der Waals surface area contributed by atoms with E-state index in [0.717, 1.165) is 12.8 Å². The second kappa shape index (κ2) is 7.56. The number of carboxylic acid groups (broad SMARTS) is 2. The van der Waals surface area contributed by atoms with Crippen LogP contribution in [0.5, 0.6) is 0 Å². The van der Waals surface area contributed by atoms with Crippen LogP contribution in [0.1, 0.15) is 31.7 Å². The second-order valence-corrected chi connectivity index (χ2v) is 5.00. The smallest absolute Gasteiger partial charge is 0.307 e. The first-order chi connectivity index (χ1) is 8.99. The Balaban J connectivity index is 2.42. The summed E-state index contributed by atoms with van der Waals surface area (Å²) in [4.78, 5) is 21.6. The number of hydrogen-bond donors (Lipinski definition) is 2. The topological polar surface area (TPSA) is 74.6 Å². The van der Waals surface area contributed by atoms with Gasteiger partial charge in [0.05, 0.1) is 12.3 Å². The summed E-state index contributed by atoms with van der Waals surface area (Å²) in [5.74, 6) is -2.67. The molecule has 0 aliphatic carbocycles. The first-order valence-corrected chi connectivity index (χ1v) is 6.47. The minimum Gasteiger partial charge on any atom is -0.481 e. The monoisotopic (exact) mass is 264 g/mol. The van der Waals surface area contributed by atoms with Gasteiger partial charge in [-0.1, -0.05) is 37.3 Å². The van der Waals surface area contributed by atoms with Gasteiger partial charge in [0.15, 0.2) is 0 Å². The Bertz CT molecular complexity index is 413. The third-order valence-electron chi connectivity index (χ3n) is 3.23. The van der Waals surface area contributed by atoms with Crippen molar-refractivity contribution in [1.29, 1.82) is 0 Å². The van der Waals surface area contributed by atoms with Crippen molar-refractivity contribution >= 4 is 11.9 Å². The molecule has 0 radical (unpaired) electrons. The van der Waals surface area contributed by atoms with Gasteiger partial charge in [0.25, 0.3) is 0 Å². The Hall–Kier alpha value is -1.84. The Morgan fingerprint density at radius 3 is 2.32 bits per heavy atom. The normalized spacial score (nSPS) is 13.7. The van der Waals surface area contributed by atoms with Crippen LogP contribution < -0.4 is 0 Å². The summed E-state index contributed by atoms with van der Waals surface area (Å²) in [6, 6.07) is 9.99. The van der Waals surface area contributed by atoms with Crippen LogP contribution in [0, 0.1) is 11.8 Å². The van der Waals surface area contributed by atoms with E-state index in [4.69, 9.17) is 10.2 Å². The summed E-state index contributed by atoms with van der Waals surface area (Å²) >= 11 is 0. The molecule has 1 rings (SSSR count). The van der Waals surface area contributed by atoms with E-state index in [9.17, 15) is 9.59 Å². The molecule has 0 aromatic heterocycles. The van der Waals surface area contributed by atoms with Crippen molar-refractivity contribution in [2.45, 2.75) is 32.6 Å². The maximum atomic E-state index is 11.0. The van der Waals surface area contributed by atoms with Gasteiger partial charge in [-0.25, -0.2) is 0 Å². The molecule has 4 nitrogen and oxygen atoms in total. The van der Waals surface area contributed by atoms with Crippen LogP contribution in [0.2, 0.25) is 0 Å². The lowest BCUT2D eigenvalue weighted by molar-refractivity contribution is -0.148. The molecule has 0 bridgehead atoms. The minimum absolute atomic E-state index is 0.195. The maximum Gasteiger partial charge on any atom is 0.307 e. The molecular weight excluding hydrogens is 244 g/mol. The van der Waals surface area contributed by atoms with Crippen LogP contribution >= 0.6 is 0 Å². The molecule has 0 aliphatic heterocycles. The van der Waals surface area contributed by atoms with Crippen molar-refractivity contribution in [3.8, 4) is 0 Å². The lowest BCUT2D eigenvalue weighted by atomic mass is 9.89. The van der Waals surface area contributed by atoms with Crippen molar-refractivity contribution in [3.63, 3.8) is 0 Å². The third-order valence-corrected chi connectivity index (χ3v) is 3.23. The molecule has 104 valence electrons. The molecule has 0 spiro atoms. The zero-order chi connectivity index (χ0) is 14.3. The molecule has 0 saturated heterocycles. The highest BCUT2D eigenvalue weighted by Crippen LogP contribution is 2.20. The fourth-order valence-electron chi connectivity index (χ4n) is 2.14. The van der Waals surface area contributed by atoms with Gasteiger partial charge in [0, 0.05) is 0 Å². The standard InChI is InChI=1S/C15H20O4/c1-11(7-8-12-5-3-2-4-6-12)9-13(15(18)19)10-14(16)17/h2-6,11,13H,7-10H2,1H3,(H,16,17)(H,18,19)/t11?,13-/m1/s1. The number of benzene rings is 1. The van der Waals surface area contributed by atoms with E-state index in [1.165, 1.54) is 5.56 Å². The molecule has 0 fully saturated rings. The number of hydrogen-bond acceptors (Lipinski definition) is 2. The second-order valence-electron chi connectivity index (χ2n) is 5.00. The fraction of sp³-hybridized carbons (Fsp3) is 0.467. The predicted molar refractivity (Wildman–Crippen MR) is 71.9 cm³/mol. The molecule has 1 aromatic carbocycles. The molecule has 19 heavy (non-hydrogen) atoms. The third kappa shape index (κ3) is 6.04. The lowest BCUT2D eigenvalue weighted by Crippen LogP contribution is -2.20. The van der Waals surface area contributed by atoms with Gasteiger partial charge >= 0.3 is 11.9 Å². The van der Waals surface area contributed by atoms with E-state index < -0.39 is 17.9 Å². The van der Waals surface area contributed by atoms with Crippen LogP contribution in [0.4, 0.5) is 0 Å². The molecule has 0 saturated carbocycles. The highest BCUT2D eigenvalue weighted by atomic mass is 16.4. The number of carboxylic acids is 2. The zero-order valence-corrected chi connectivity index (χ0v) is 11.1. The van der Waals surface area contributed by atoms with Gasteiger partial charge in [-0.15, -0.1) is 0 Å². The highest BCUT2D eigenvalue weighted by Gasteiger charge is 2.23. The lowest BCUT2D eigenvalue weighted by Gasteiger charge is -2.16. The van der Waals surface area contributed by atoms with Crippen LogP contribution in [-0.2, 0) is 16.0 Å². The maximum absolute atomic E-state index is 11.0.